The monoisotopic (exact) mass is 346 g/mol. The molecule has 1 aromatic rings. The van der Waals surface area contributed by atoms with Crippen molar-refractivity contribution in [1.82, 2.24) is 4.90 Å². The molecule has 0 spiro atoms. The van der Waals surface area contributed by atoms with Crippen LogP contribution >= 0.6 is 0 Å². The number of rotatable bonds is 7. The van der Waals surface area contributed by atoms with Crippen molar-refractivity contribution in [3.63, 3.8) is 0 Å². The standard InChI is InChI=1S/C21H34N2O2/c1-4-14-22(5-2)19-12-10-18(11-13-19)21(25)23-15-8-6-7-9-20(23)16-17(3)24/h10-13,17,20,24H,4-9,14-16H2,1-3H3/t17-,20+/m1/s1. The van der Waals surface area contributed by atoms with E-state index in [0.717, 1.165) is 50.9 Å². The summed E-state index contributed by atoms with van der Waals surface area (Å²) in [4.78, 5) is 17.4. The molecule has 1 amide bonds. The van der Waals surface area contributed by atoms with Crippen LogP contribution in [-0.4, -0.2) is 47.7 Å². The molecule has 2 rings (SSSR count). The van der Waals surface area contributed by atoms with Gasteiger partial charge in [0.25, 0.3) is 5.91 Å². The third-order valence-electron chi connectivity index (χ3n) is 5.11. The van der Waals surface area contributed by atoms with E-state index in [1.54, 1.807) is 0 Å². The van der Waals surface area contributed by atoms with Gasteiger partial charge in [-0.1, -0.05) is 19.8 Å². The van der Waals surface area contributed by atoms with Gasteiger partial charge in [-0.05, 0) is 63.8 Å². The largest absolute Gasteiger partial charge is 0.393 e. The van der Waals surface area contributed by atoms with Crippen molar-refractivity contribution < 1.29 is 9.90 Å². The summed E-state index contributed by atoms with van der Waals surface area (Å²) in [6.07, 6.45) is 5.78. The third-order valence-corrected chi connectivity index (χ3v) is 5.11. The molecule has 1 fully saturated rings. The van der Waals surface area contributed by atoms with E-state index >= 15 is 0 Å². The van der Waals surface area contributed by atoms with Crippen molar-refractivity contribution in [3.8, 4) is 0 Å². The molecule has 25 heavy (non-hydrogen) atoms. The van der Waals surface area contributed by atoms with Crippen LogP contribution in [0, 0.1) is 0 Å². The van der Waals surface area contributed by atoms with Crippen LogP contribution in [0.4, 0.5) is 5.69 Å². The fourth-order valence-corrected chi connectivity index (χ4v) is 3.80. The van der Waals surface area contributed by atoms with Crippen LogP contribution in [0.1, 0.15) is 69.7 Å². The minimum Gasteiger partial charge on any atom is -0.393 e. The Balaban J connectivity index is 2.14. The number of aliphatic hydroxyl groups is 1. The van der Waals surface area contributed by atoms with Crippen LogP contribution in [0.25, 0.3) is 0 Å². The van der Waals surface area contributed by atoms with Gasteiger partial charge in [-0.15, -0.1) is 0 Å². The van der Waals surface area contributed by atoms with Crippen molar-refractivity contribution in [3.05, 3.63) is 29.8 Å². The normalized spacial score (nSPS) is 19.4. The highest BCUT2D eigenvalue weighted by Crippen LogP contribution is 2.24. The molecular weight excluding hydrogens is 312 g/mol. The van der Waals surface area contributed by atoms with Gasteiger partial charge in [-0.2, -0.15) is 0 Å². The molecule has 0 bridgehead atoms. The molecule has 0 unspecified atom stereocenters. The Morgan fingerprint density at radius 3 is 2.56 bits per heavy atom. The molecule has 1 aliphatic rings. The highest BCUT2D eigenvalue weighted by molar-refractivity contribution is 5.94. The Hall–Kier alpha value is -1.55. The lowest BCUT2D eigenvalue weighted by atomic mass is 10.0. The van der Waals surface area contributed by atoms with Crippen LogP contribution in [-0.2, 0) is 0 Å². The first-order valence-electron chi connectivity index (χ1n) is 9.90. The van der Waals surface area contributed by atoms with Crippen LogP contribution in [0.15, 0.2) is 24.3 Å². The number of nitrogens with zero attached hydrogens (tertiary/aromatic N) is 2. The van der Waals surface area contributed by atoms with Crippen molar-refractivity contribution in [2.24, 2.45) is 0 Å². The molecule has 1 aromatic carbocycles. The van der Waals surface area contributed by atoms with Gasteiger partial charge >= 0.3 is 0 Å². The van der Waals surface area contributed by atoms with Gasteiger partial charge in [0.05, 0.1) is 6.10 Å². The van der Waals surface area contributed by atoms with Gasteiger partial charge in [-0.3, -0.25) is 4.79 Å². The second kappa shape index (κ2) is 9.81. The number of benzene rings is 1. The Kier molecular flexibility index (Phi) is 7.76. The van der Waals surface area contributed by atoms with Crippen molar-refractivity contribution in [2.45, 2.75) is 71.4 Å². The summed E-state index contributed by atoms with van der Waals surface area (Å²) in [5, 5.41) is 9.80. The number of carbonyl (C=O) groups is 1. The first-order valence-corrected chi connectivity index (χ1v) is 9.90. The average molecular weight is 347 g/mol. The number of aliphatic hydroxyl groups excluding tert-OH is 1. The van der Waals surface area contributed by atoms with Crippen LogP contribution in [0.3, 0.4) is 0 Å². The van der Waals surface area contributed by atoms with Gasteiger partial charge in [-0.25, -0.2) is 0 Å². The maximum absolute atomic E-state index is 13.1. The van der Waals surface area contributed by atoms with Gasteiger partial charge < -0.3 is 14.9 Å². The molecule has 1 heterocycles. The highest BCUT2D eigenvalue weighted by Gasteiger charge is 2.27. The number of amides is 1. The zero-order valence-corrected chi connectivity index (χ0v) is 16.1. The fourth-order valence-electron chi connectivity index (χ4n) is 3.80. The lowest BCUT2D eigenvalue weighted by Gasteiger charge is -2.31. The second-order valence-corrected chi connectivity index (χ2v) is 7.21. The topological polar surface area (TPSA) is 43.8 Å². The SMILES string of the molecule is CCCN(CC)c1ccc(C(=O)N2CCCCC[C@H]2C[C@@H](C)O)cc1. The lowest BCUT2D eigenvalue weighted by molar-refractivity contribution is 0.0607. The number of carbonyl (C=O) groups excluding carboxylic acids is 1. The van der Waals surface area contributed by atoms with E-state index in [-0.39, 0.29) is 18.1 Å². The van der Waals surface area contributed by atoms with Crippen molar-refractivity contribution in [1.29, 1.82) is 0 Å². The molecule has 0 aliphatic carbocycles. The zero-order valence-electron chi connectivity index (χ0n) is 16.1. The van der Waals surface area contributed by atoms with E-state index in [9.17, 15) is 9.90 Å². The maximum Gasteiger partial charge on any atom is 0.254 e. The zero-order chi connectivity index (χ0) is 18.2. The fraction of sp³-hybridized carbons (Fsp3) is 0.667. The van der Waals surface area contributed by atoms with Crippen LogP contribution < -0.4 is 4.90 Å². The number of anilines is 1. The van der Waals surface area contributed by atoms with E-state index in [0.29, 0.717) is 6.42 Å². The third kappa shape index (κ3) is 5.46. The molecule has 4 nitrogen and oxygen atoms in total. The summed E-state index contributed by atoms with van der Waals surface area (Å²) in [7, 11) is 0. The molecule has 140 valence electrons. The van der Waals surface area contributed by atoms with E-state index in [2.05, 4.69) is 30.9 Å². The Labute approximate surface area is 152 Å². The van der Waals surface area contributed by atoms with E-state index in [4.69, 9.17) is 0 Å². The smallest absolute Gasteiger partial charge is 0.254 e. The number of likely N-dealkylation sites (tertiary alicyclic amines) is 1. The summed E-state index contributed by atoms with van der Waals surface area (Å²) in [5.74, 6) is 0.109. The summed E-state index contributed by atoms with van der Waals surface area (Å²) in [5.41, 5.74) is 1.94. The molecule has 1 N–H and O–H groups in total. The number of hydrogen-bond donors (Lipinski definition) is 1. The summed E-state index contributed by atoms with van der Waals surface area (Å²) in [6, 6.07) is 8.20. The van der Waals surface area contributed by atoms with E-state index in [1.165, 1.54) is 12.1 Å². The quantitative estimate of drug-likeness (QED) is 0.809. The van der Waals surface area contributed by atoms with Crippen LogP contribution in [0.2, 0.25) is 0 Å². The molecular formula is C21H34N2O2. The minimum absolute atomic E-state index is 0.109. The Bertz CT molecular complexity index is 527. The number of hydrogen-bond acceptors (Lipinski definition) is 3. The molecule has 0 radical (unpaired) electrons. The molecule has 1 aliphatic heterocycles. The van der Waals surface area contributed by atoms with Crippen molar-refractivity contribution >= 4 is 11.6 Å². The van der Waals surface area contributed by atoms with Crippen molar-refractivity contribution in [2.75, 3.05) is 24.5 Å². The van der Waals surface area contributed by atoms with E-state index in [1.807, 2.05) is 24.0 Å². The first kappa shape index (κ1) is 19.8. The Morgan fingerprint density at radius 1 is 1.24 bits per heavy atom. The second-order valence-electron chi connectivity index (χ2n) is 7.21. The lowest BCUT2D eigenvalue weighted by Crippen LogP contribution is -2.41. The maximum atomic E-state index is 13.1. The summed E-state index contributed by atoms with van der Waals surface area (Å²) >= 11 is 0. The molecule has 0 saturated carbocycles. The average Bonchev–Trinajstić information content (AvgIpc) is 2.84. The van der Waals surface area contributed by atoms with Gasteiger partial charge in [0.2, 0.25) is 0 Å². The summed E-state index contributed by atoms with van der Waals surface area (Å²) < 4.78 is 0. The molecule has 1 saturated heterocycles. The molecule has 2 atom stereocenters. The van der Waals surface area contributed by atoms with Gasteiger partial charge in [0, 0.05) is 36.9 Å². The van der Waals surface area contributed by atoms with Gasteiger partial charge in [0.15, 0.2) is 0 Å². The van der Waals surface area contributed by atoms with Gasteiger partial charge in [0.1, 0.15) is 0 Å². The predicted molar refractivity (Wildman–Crippen MR) is 104 cm³/mol. The molecule has 4 heteroatoms. The highest BCUT2D eigenvalue weighted by atomic mass is 16.3. The summed E-state index contributed by atoms with van der Waals surface area (Å²) in [6.45, 7) is 8.97. The molecule has 0 aromatic heterocycles. The Morgan fingerprint density at radius 2 is 1.96 bits per heavy atom. The first-order chi connectivity index (χ1) is 12.1. The van der Waals surface area contributed by atoms with E-state index < -0.39 is 0 Å². The minimum atomic E-state index is -0.368. The van der Waals surface area contributed by atoms with Crippen LogP contribution in [0.5, 0.6) is 0 Å². The predicted octanol–water partition coefficient (Wildman–Crippen LogP) is 4.08.